The molecule has 5 rings (SSSR count). The van der Waals surface area contributed by atoms with Crippen LogP contribution in [0.25, 0.3) is 5.78 Å². The second-order valence-electron chi connectivity index (χ2n) is 7.58. The first-order valence-electron chi connectivity index (χ1n) is 10.2. The highest BCUT2D eigenvalue weighted by molar-refractivity contribution is 5.58. The smallest absolute Gasteiger partial charge is 0.254 e. The molecule has 0 N–H and O–H groups in total. The van der Waals surface area contributed by atoms with Gasteiger partial charge in [-0.1, -0.05) is 30.3 Å². The molecule has 152 valence electrons. The molecule has 0 atom stereocenters. The molecule has 2 aromatic heterocycles. The van der Waals surface area contributed by atoms with E-state index in [9.17, 15) is 4.39 Å². The van der Waals surface area contributed by atoms with Crippen molar-refractivity contribution in [3.8, 4) is 0 Å². The van der Waals surface area contributed by atoms with Crippen molar-refractivity contribution in [2.75, 3.05) is 36.0 Å². The van der Waals surface area contributed by atoms with Gasteiger partial charge in [0, 0.05) is 49.5 Å². The van der Waals surface area contributed by atoms with E-state index in [0.29, 0.717) is 5.78 Å². The molecule has 1 aliphatic rings. The van der Waals surface area contributed by atoms with E-state index in [1.807, 2.05) is 29.6 Å². The van der Waals surface area contributed by atoms with Crippen molar-refractivity contribution < 1.29 is 4.39 Å². The number of nitrogens with zero attached hydrogens (tertiary/aromatic N) is 6. The number of rotatable bonds is 4. The Morgan fingerprint density at radius 1 is 0.900 bits per heavy atom. The summed E-state index contributed by atoms with van der Waals surface area (Å²) in [5.41, 5.74) is 4.45. The van der Waals surface area contributed by atoms with E-state index >= 15 is 0 Å². The van der Waals surface area contributed by atoms with Crippen LogP contribution in [0, 0.1) is 12.7 Å². The monoisotopic (exact) mass is 402 g/mol. The number of halogens is 1. The number of aromatic nitrogens is 4. The summed E-state index contributed by atoms with van der Waals surface area (Å²) in [6, 6.07) is 17.2. The van der Waals surface area contributed by atoms with Crippen molar-refractivity contribution in [1.82, 2.24) is 19.6 Å². The molecule has 0 bridgehead atoms. The highest BCUT2D eigenvalue weighted by Crippen LogP contribution is 2.28. The van der Waals surface area contributed by atoms with E-state index in [1.165, 1.54) is 23.3 Å². The number of benzene rings is 2. The van der Waals surface area contributed by atoms with Crippen LogP contribution in [0.5, 0.6) is 0 Å². The Kier molecular flexibility index (Phi) is 4.78. The van der Waals surface area contributed by atoms with Gasteiger partial charge in [0.05, 0.1) is 0 Å². The van der Waals surface area contributed by atoms with Crippen molar-refractivity contribution in [1.29, 1.82) is 0 Å². The van der Waals surface area contributed by atoms with Gasteiger partial charge in [0.1, 0.15) is 18.0 Å². The molecule has 2 aromatic carbocycles. The molecule has 4 aromatic rings. The van der Waals surface area contributed by atoms with Crippen LogP contribution >= 0.6 is 0 Å². The molecule has 1 saturated heterocycles. The third kappa shape index (κ3) is 3.47. The van der Waals surface area contributed by atoms with Crippen LogP contribution in [0.15, 0.2) is 60.9 Å². The SMILES string of the molecule is Cc1nc2ncnn2c(N2CCN(c3ccc(F)cc3)CC2)c1Cc1ccccc1. The number of hydrogen-bond acceptors (Lipinski definition) is 5. The summed E-state index contributed by atoms with van der Waals surface area (Å²) in [6.45, 7) is 5.45. The van der Waals surface area contributed by atoms with Gasteiger partial charge in [-0.15, -0.1) is 0 Å². The van der Waals surface area contributed by atoms with Crippen LogP contribution in [0.3, 0.4) is 0 Å². The summed E-state index contributed by atoms with van der Waals surface area (Å²) in [7, 11) is 0. The van der Waals surface area contributed by atoms with Gasteiger partial charge in [0.2, 0.25) is 0 Å². The predicted octanol–water partition coefficient (Wildman–Crippen LogP) is 3.49. The molecule has 7 heteroatoms. The summed E-state index contributed by atoms with van der Waals surface area (Å²) in [4.78, 5) is 13.7. The fourth-order valence-electron chi connectivity index (χ4n) is 4.13. The summed E-state index contributed by atoms with van der Waals surface area (Å²) in [6.07, 6.45) is 2.36. The van der Waals surface area contributed by atoms with E-state index in [0.717, 1.165) is 49.8 Å². The lowest BCUT2D eigenvalue weighted by molar-refractivity contribution is 0.622. The van der Waals surface area contributed by atoms with Gasteiger partial charge < -0.3 is 9.80 Å². The minimum atomic E-state index is -0.205. The molecule has 1 fully saturated rings. The molecule has 0 saturated carbocycles. The zero-order chi connectivity index (χ0) is 20.5. The maximum Gasteiger partial charge on any atom is 0.254 e. The van der Waals surface area contributed by atoms with E-state index in [-0.39, 0.29) is 5.82 Å². The molecule has 0 spiro atoms. The Labute approximate surface area is 174 Å². The summed E-state index contributed by atoms with van der Waals surface area (Å²) < 4.78 is 15.1. The number of aryl methyl sites for hydroxylation is 1. The zero-order valence-corrected chi connectivity index (χ0v) is 16.9. The van der Waals surface area contributed by atoms with E-state index < -0.39 is 0 Å². The third-order valence-electron chi connectivity index (χ3n) is 5.70. The van der Waals surface area contributed by atoms with Crippen molar-refractivity contribution in [2.24, 2.45) is 0 Å². The normalized spacial score (nSPS) is 14.5. The quantitative estimate of drug-likeness (QED) is 0.523. The average molecular weight is 402 g/mol. The van der Waals surface area contributed by atoms with Gasteiger partial charge in [0.25, 0.3) is 5.78 Å². The lowest BCUT2D eigenvalue weighted by atomic mass is 10.0. The van der Waals surface area contributed by atoms with Crippen LogP contribution in [0.2, 0.25) is 0 Å². The van der Waals surface area contributed by atoms with Crippen molar-refractivity contribution in [3.63, 3.8) is 0 Å². The highest BCUT2D eigenvalue weighted by atomic mass is 19.1. The maximum absolute atomic E-state index is 13.3. The van der Waals surface area contributed by atoms with Crippen LogP contribution in [-0.4, -0.2) is 45.8 Å². The van der Waals surface area contributed by atoms with Crippen molar-refractivity contribution >= 4 is 17.3 Å². The first-order chi connectivity index (χ1) is 14.7. The van der Waals surface area contributed by atoms with Gasteiger partial charge in [-0.05, 0) is 36.8 Å². The van der Waals surface area contributed by atoms with Crippen molar-refractivity contribution in [2.45, 2.75) is 13.3 Å². The maximum atomic E-state index is 13.3. The van der Waals surface area contributed by atoms with Gasteiger partial charge in [-0.2, -0.15) is 14.6 Å². The van der Waals surface area contributed by atoms with Gasteiger partial charge in [-0.3, -0.25) is 0 Å². The largest absolute Gasteiger partial charge is 0.368 e. The topological polar surface area (TPSA) is 49.6 Å². The van der Waals surface area contributed by atoms with Gasteiger partial charge >= 0.3 is 0 Å². The summed E-state index contributed by atoms with van der Waals surface area (Å²) in [5, 5.41) is 4.47. The molecule has 0 radical (unpaired) electrons. The van der Waals surface area contributed by atoms with E-state index in [1.54, 1.807) is 6.33 Å². The minimum absolute atomic E-state index is 0.205. The first-order valence-corrected chi connectivity index (χ1v) is 10.2. The number of fused-ring (bicyclic) bond motifs is 1. The molecule has 0 aliphatic carbocycles. The summed E-state index contributed by atoms with van der Waals surface area (Å²) in [5.74, 6) is 1.49. The van der Waals surface area contributed by atoms with Gasteiger partial charge in [-0.25, -0.2) is 9.37 Å². The molecule has 0 unspecified atom stereocenters. The highest BCUT2D eigenvalue weighted by Gasteiger charge is 2.24. The number of piperazine rings is 1. The number of hydrogen-bond donors (Lipinski definition) is 0. The standard InChI is InChI=1S/C23H23FN6/c1-17-21(15-18-5-3-2-4-6-18)22(30-23(27-17)25-16-26-30)29-13-11-28(12-14-29)20-9-7-19(24)8-10-20/h2-10,16H,11-15H2,1H3. The molecular formula is C23H23FN6. The zero-order valence-electron chi connectivity index (χ0n) is 16.9. The molecule has 1 aliphatic heterocycles. The molecule has 30 heavy (non-hydrogen) atoms. The Balaban J connectivity index is 1.47. The Morgan fingerprint density at radius 2 is 1.60 bits per heavy atom. The lowest BCUT2D eigenvalue weighted by Crippen LogP contribution is -2.47. The lowest BCUT2D eigenvalue weighted by Gasteiger charge is -2.38. The second-order valence-corrected chi connectivity index (χ2v) is 7.58. The second kappa shape index (κ2) is 7.74. The number of anilines is 2. The molecule has 0 amide bonds. The van der Waals surface area contributed by atoms with Crippen LogP contribution in [-0.2, 0) is 6.42 Å². The molecule has 3 heterocycles. The fraction of sp³-hybridized carbons (Fsp3) is 0.261. The van der Waals surface area contributed by atoms with Crippen LogP contribution in [0.1, 0.15) is 16.8 Å². The van der Waals surface area contributed by atoms with E-state index in [4.69, 9.17) is 0 Å². The van der Waals surface area contributed by atoms with Gasteiger partial charge in [0.15, 0.2) is 0 Å². The first kappa shape index (κ1) is 18.5. The third-order valence-corrected chi connectivity index (χ3v) is 5.70. The fourth-order valence-corrected chi connectivity index (χ4v) is 4.13. The van der Waals surface area contributed by atoms with Crippen LogP contribution in [0.4, 0.5) is 15.9 Å². The Bertz CT molecular complexity index is 1150. The summed E-state index contributed by atoms with van der Waals surface area (Å²) >= 11 is 0. The average Bonchev–Trinajstić information content (AvgIpc) is 3.23. The predicted molar refractivity (Wildman–Crippen MR) is 116 cm³/mol. The Morgan fingerprint density at radius 3 is 2.33 bits per heavy atom. The van der Waals surface area contributed by atoms with Crippen molar-refractivity contribution in [3.05, 3.63) is 83.6 Å². The van der Waals surface area contributed by atoms with Crippen LogP contribution < -0.4 is 9.80 Å². The molecule has 6 nitrogen and oxygen atoms in total. The minimum Gasteiger partial charge on any atom is -0.368 e. The molecular weight excluding hydrogens is 379 g/mol. The van der Waals surface area contributed by atoms with E-state index in [2.05, 4.69) is 49.1 Å². The Hall–Kier alpha value is -3.48.